The number of nitrogens with zero attached hydrogens (tertiary/aromatic N) is 1. The number of aliphatic hydroxyl groups excluding tert-OH is 1. The first-order chi connectivity index (χ1) is 15.1. The normalized spacial score (nSPS) is 36.5. The van der Waals surface area contributed by atoms with Crippen LogP contribution < -0.4 is 5.32 Å². The number of hydrogen-bond acceptors (Lipinski definition) is 6. The lowest BCUT2D eigenvalue weighted by Gasteiger charge is -2.37. The van der Waals surface area contributed by atoms with Crippen molar-refractivity contribution in [3.05, 3.63) is 0 Å². The molecule has 3 aliphatic rings. The van der Waals surface area contributed by atoms with E-state index in [0.717, 1.165) is 12.8 Å². The smallest absolute Gasteiger partial charge is 0.312 e. The zero-order chi connectivity index (χ0) is 23.8. The number of rotatable bonds is 10. The Morgan fingerprint density at radius 1 is 1.34 bits per heavy atom. The summed E-state index contributed by atoms with van der Waals surface area (Å²) in [7, 11) is 0. The maximum absolute atomic E-state index is 13.9. The van der Waals surface area contributed by atoms with Gasteiger partial charge in [0.05, 0.1) is 30.8 Å². The van der Waals surface area contributed by atoms with E-state index in [1.165, 1.54) is 4.90 Å². The van der Waals surface area contributed by atoms with Crippen LogP contribution in [0.25, 0.3) is 0 Å². The first-order valence-electron chi connectivity index (χ1n) is 12.2. The van der Waals surface area contributed by atoms with E-state index in [9.17, 15) is 19.5 Å². The molecule has 2 amide bonds. The summed E-state index contributed by atoms with van der Waals surface area (Å²) < 4.78 is 12.0. The number of unbranched alkanes of at least 4 members (excludes halogenated alkanes) is 1. The fraction of sp³-hybridized carbons (Fsp3) is 0.875. The van der Waals surface area contributed by atoms with Crippen LogP contribution in [0.4, 0.5) is 0 Å². The van der Waals surface area contributed by atoms with E-state index < -0.39 is 41.1 Å². The molecular weight excluding hydrogens is 412 g/mol. The van der Waals surface area contributed by atoms with Crippen molar-refractivity contribution in [2.24, 2.45) is 23.7 Å². The minimum absolute atomic E-state index is 0.0236. The second-order valence-corrected chi connectivity index (χ2v) is 10.3. The van der Waals surface area contributed by atoms with Crippen LogP contribution in [-0.4, -0.2) is 70.8 Å². The Hall–Kier alpha value is -1.67. The molecule has 0 aliphatic carbocycles. The Morgan fingerprint density at radius 3 is 2.59 bits per heavy atom. The number of fused-ring (bicyclic) bond motifs is 1. The third-order valence-corrected chi connectivity index (χ3v) is 7.72. The van der Waals surface area contributed by atoms with Gasteiger partial charge in [-0.05, 0) is 44.9 Å². The first kappa shape index (κ1) is 25.0. The van der Waals surface area contributed by atoms with Gasteiger partial charge >= 0.3 is 5.97 Å². The van der Waals surface area contributed by atoms with E-state index in [4.69, 9.17) is 9.47 Å². The molecule has 0 radical (unpaired) electrons. The van der Waals surface area contributed by atoms with E-state index >= 15 is 0 Å². The zero-order valence-corrected chi connectivity index (χ0v) is 20.3. The van der Waals surface area contributed by atoms with Gasteiger partial charge in [0, 0.05) is 6.54 Å². The SMILES string of the molecule is CCCCNC(=O)C1N([C@@H](CO)CC(C)C)C(=O)[C@@H]2[C@@H](C(=O)OCC)[C@]3(C)OC12CC3C. The Bertz CT molecular complexity index is 742. The summed E-state index contributed by atoms with van der Waals surface area (Å²) in [6.45, 7) is 12.2. The summed E-state index contributed by atoms with van der Waals surface area (Å²) in [5.74, 6) is -2.36. The second kappa shape index (κ2) is 9.29. The Morgan fingerprint density at radius 2 is 2.03 bits per heavy atom. The predicted molar refractivity (Wildman–Crippen MR) is 118 cm³/mol. The van der Waals surface area contributed by atoms with Crippen LogP contribution in [0.1, 0.15) is 67.2 Å². The number of likely N-dealkylation sites (tertiary alicyclic amines) is 1. The van der Waals surface area contributed by atoms with Gasteiger partial charge in [0.15, 0.2) is 0 Å². The molecule has 1 spiro atoms. The summed E-state index contributed by atoms with van der Waals surface area (Å²) in [6, 6.07) is -1.39. The lowest BCUT2D eigenvalue weighted by atomic mass is 9.62. The third kappa shape index (κ3) is 3.73. The van der Waals surface area contributed by atoms with Crippen molar-refractivity contribution in [3.8, 4) is 0 Å². The van der Waals surface area contributed by atoms with Gasteiger partial charge in [-0.25, -0.2) is 0 Å². The molecule has 32 heavy (non-hydrogen) atoms. The van der Waals surface area contributed by atoms with Gasteiger partial charge in [-0.2, -0.15) is 0 Å². The molecule has 0 aromatic heterocycles. The number of amides is 2. The van der Waals surface area contributed by atoms with Gasteiger partial charge in [0.1, 0.15) is 17.6 Å². The number of aliphatic hydroxyl groups is 1. The van der Waals surface area contributed by atoms with Crippen LogP contribution in [-0.2, 0) is 23.9 Å². The average Bonchev–Trinajstić information content (AvgIpc) is 3.23. The largest absolute Gasteiger partial charge is 0.466 e. The summed E-state index contributed by atoms with van der Waals surface area (Å²) in [5, 5.41) is 13.2. The topological polar surface area (TPSA) is 105 Å². The number of esters is 1. The van der Waals surface area contributed by atoms with Crippen molar-refractivity contribution >= 4 is 17.8 Å². The number of carbonyl (C=O) groups is 3. The molecule has 0 aromatic rings. The average molecular weight is 453 g/mol. The van der Waals surface area contributed by atoms with E-state index in [1.54, 1.807) is 6.92 Å². The molecule has 8 nitrogen and oxygen atoms in total. The van der Waals surface area contributed by atoms with Gasteiger partial charge in [-0.1, -0.05) is 34.1 Å². The number of nitrogens with one attached hydrogen (secondary N) is 1. The molecule has 182 valence electrons. The maximum Gasteiger partial charge on any atom is 0.312 e. The number of ether oxygens (including phenoxy) is 2. The Labute approximate surface area is 191 Å². The van der Waals surface area contributed by atoms with Gasteiger partial charge in [-0.3, -0.25) is 14.4 Å². The molecule has 3 unspecified atom stereocenters. The highest BCUT2D eigenvalue weighted by molar-refractivity contribution is 5.98. The molecule has 0 saturated carbocycles. The van der Waals surface area contributed by atoms with E-state index in [-0.39, 0.29) is 36.9 Å². The van der Waals surface area contributed by atoms with Crippen molar-refractivity contribution < 1.29 is 29.0 Å². The minimum Gasteiger partial charge on any atom is -0.466 e. The van der Waals surface area contributed by atoms with Crippen molar-refractivity contribution in [2.45, 2.75) is 90.5 Å². The highest BCUT2D eigenvalue weighted by Crippen LogP contribution is 2.65. The Kier molecular flexibility index (Phi) is 7.25. The molecule has 8 heteroatoms. The summed E-state index contributed by atoms with van der Waals surface area (Å²) in [5.41, 5.74) is -1.96. The molecule has 3 heterocycles. The quantitative estimate of drug-likeness (QED) is 0.387. The molecular formula is C24H40N2O6. The van der Waals surface area contributed by atoms with Crippen molar-refractivity contribution in [1.82, 2.24) is 10.2 Å². The van der Waals surface area contributed by atoms with Crippen LogP contribution >= 0.6 is 0 Å². The van der Waals surface area contributed by atoms with Crippen LogP contribution in [0, 0.1) is 23.7 Å². The molecule has 3 fully saturated rings. The predicted octanol–water partition coefficient (Wildman–Crippen LogP) is 1.88. The highest BCUT2D eigenvalue weighted by Gasteiger charge is 2.80. The molecule has 2 bridgehead atoms. The van der Waals surface area contributed by atoms with E-state index in [0.29, 0.717) is 19.4 Å². The Balaban J connectivity index is 2.08. The fourth-order valence-corrected chi connectivity index (χ4v) is 6.27. The van der Waals surface area contributed by atoms with Crippen molar-refractivity contribution in [3.63, 3.8) is 0 Å². The molecule has 3 aliphatic heterocycles. The van der Waals surface area contributed by atoms with Crippen molar-refractivity contribution in [1.29, 1.82) is 0 Å². The highest BCUT2D eigenvalue weighted by atomic mass is 16.6. The lowest BCUT2D eigenvalue weighted by molar-refractivity contribution is -0.162. The zero-order valence-electron chi connectivity index (χ0n) is 20.3. The number of hydrogen-bond donors (Lipinski definition) is 2. The summed E-state index contributed by atoms with van der Waals surface area (Å²) in [4.78, 5) is 42.0. The summed E-state index contributed by atoms with van der Waals surface area (Å²) in [6.07, 6.45) is 2.84. The molecule has 7 atom stereocenters. The van der Waals surface area contributed by atoms with Crippen LogP contribution in [0.2, 0.25) is 0 Å². The van der Waals surface area contributed by atoms with Crippen LogP contribution in [0.15, 0.2) is 0 Å². The van der Waals surface area contributed by atoms with Gasteiger partial charge in [0.25, 0.3) is 0 Å². The first-order valence-corrected chi connectivity index (χ1v) is 12.2. The molecule has 3 saturated heterocycles. The number of carbonyl (C=O) groups excluding carboxylic acids is 3. The van der Waals surface area contributed by atoms with Gasteiger partial charge < -0.3 is 24.8 Å². The van der Waals surface area contributed by atoms with Gasteiger partial charge in [0.2, 0.25) is 11.8 Å². The van der Waals surface area contributed by atoms with Crippen LogP contribution in [0.3, 0.4) is 0 Å². The molecule has 2 N–H and O–H groups in total. The van der Waals surface area contributed by atoms with E-state index in [1.807, 2.05) is 34.6 Å². The summed E-state index contributed by atoms with van der Waals surface area (Å²) >= 11 is 0. The van der Waals surface area contributed by atoms with Crippen molar-refractivity contribution in [2.75, 3.05) is 19.8 Å². The standard InChI is InChI=1S/C24H40N2O6/c1-7-9-10-25-20(28)19-24-12-15(5)23(6,32-24)18(22(30)31-8-2)17(24)21(29)26(19)16(13-27)11-14(3)4/h14-19,27H,7-13H2,1-6H3,(H,25,28)/t15?,16-,17+,18+,19?,23-,24?/m1/s1. The maximum atomic E-state index is 13.9. The monoisotopic (exact) mass is 452 g/mol. The minimum atomic E-state index is -1.09. The van der Waals surface area contributed by atoms with Gasteiger partial charge in [-0.15, -0.1) is 0 Å². The van der Waals surface area contributed by atoms with Crippen LogP contribution in [0.5, 0.6) is 0 Å². The molecule has 0 aromatic carbocycles. The van der Waals surface area contributed by atoms with E-state index in [2.05, 4.69) is 5.32 Å². The fourth-order valence-electron chi connectivity index (χ4n) is 6.27. The third-order valence-electron chi connectivity index (χ3n) is 7.72. The second-order valence-electron chi connectivity index (χ2n) is 10.3. The molecule has 3 rings (SSSR count). The lowest BCUT2D eigenvalue weighted by Crippen LogP contribution is -2.58.